The van der Waals surface area contributed by atoms with Crippen LogP contribution in [-0.4, -0.2) is 46.5 Å². The number of likely N-dealkylation sites (tertiary alicyclic amines) is 1. The number of benzene rings is 1. The first-order chi connectivity index (χ1) is 13.2. The molecule has 0 bridgehead atoms. The van der Waals surface area contributed by atoms with Crippen molar-refractivity contribution in [2.45, 2.75) is 57.4 Å². The van der Waals surface area contributed by atoms with Gasteiger partial charge >= 0.3 is 0 Å². The lowest BCUT2D eigenvalue weighted by Crippen LogP contribution is -2.46. The van der Waals surface area contributed by atoms with Gasteiger partial charge in [0.15, 0.2) is 0 Å². The molecule has 1 amide bonds. The number of carbonyl (C=O) groups is 1. The highest BCUT2D eigenvalue weighted by Gasteiger charge is 2.42. The van der Waals surface area contributed by atoms with Crippen LogP contribution in [0.5, 0.6) is 0 Å². The Morgan fingerprint density at radius 1 is 1.26 bits per heavy atom. The zero-order valence-corrected chi connectivity index (χ0v) is 16.2. The number of aromatic nitrogens is 2. The Labute approximate surface area is 160 Å². The van der Waals surface area contributed by atoms with Crippen molar-refractivity contribution in [1.82, 2.24) is 20.2 Å². The molecule has 5 rings (SSSR count). The summed E-state index contributed by atoms with van der Waals surface area (Å²) in [6, 6.07) is 6.82. The van der Waals surface area contributed by atoms with Gasteiger partial charge in [-0.15, -0.1) is 0 Å². The predicted molar refractivity (Wildman–Crippen MR) is 107 cm³/mol. The molecule has 1 saturated heterocycles. The maximum atomic E-state index is 12.6. The van der Waals surface area contributed by atoms with Crippen LogP contribution in [-0.2, 0) is 4.79 Å². The topological polar surface area (TPSA) is 61.0 Å². The van der Waals surface area contributed by atoms with Crippen molar-refractivity contribution in [2.75, 3.05) is 19.6 Å². The number of rotatable bonds is 6. The molecule has 1 atom stereocenters. The fourth-order valence-electron chi connectivity index (χ4n) is 4.72. The van der Waals surface area contributed by atoms with Crippen molar-refractivity contribution in [3.63, 3.8) is 0 Å². The van der Waals surface area contributed by atoms with Crippen LogP contribution < -0.4 is 5.32 Å². The monoisotopic (exact) mass is 366 g/mol. The number of aryl methyl sites for hydroxylation is 1. The normalized spacial score (nSPS) is 23.9. The highest BCUT2D eigenvalue weighted by atomic mass is 16.2. The molecule has 1 aromatic carbocycles. The van der Waals surface area contributed by atoms with E-state index in [9.17, 15) is 4.79 Å². The van der Waals surface area contributed by atoms with E-state index in [0.29, 0.717) is 18.5 Å². The number of hydrogen-bond acceptors (Lipinski definition) is 3. The predicted octanol–water partition coefficient (Wildman–Crippen LogP) is 3.36. The van der Waals surface area contributed by atoms with Crippen LogP contribution in [0.2, 0.25) is 0 Å². The molecule has 5 heteroatoms. The van der Waals surface area contributed by atoms with E-state index in [2.05, 4.69) is 40.3 Å². The van der Waals surface area contributed by atoms with Gasteiger partial charge in [-0.3, -0.25) is 9.69 Å². The van der Waals surface area contributed by atoms with Crippen LogP contribution in [0.15, 0.2) is 18.2 Å². The molecule has 3 fully saturated rings. The molecule has 2 heterocycles. The Hall–Kier alpha value is -1.88. The number of aromatic amines is 1. The molecule has 3 aliphatic rings. The van der Waals surface area contributed by atoms with E-state index in [1.165, 1.54) is 31.2 Å². The van der Waals surface area contributed by atoms with Gasteiger partial charge in [0.05, 0.1) is 17.6 Å². The van der Waals surface area contributed by atoms with E-state index in [0.717, 1.165) is 54.6 Å². The standard InChI is InChI=1S/C22H30N4O/c1-14-4-9-18-19(11-14)24-22(23-18)17-3-2-10-26(12-17)13-20(27)25-21(15-5-6-15)16-7-8-16/h4,9,11,15-17,21H,2-3,5-8,10,12-13H2,1H3,(H,23,24)(H,25,27). The molecule has 1 aliphatic heterocycles. The largest absolute Gasteiger partial charge is 0.352 e. The second-order valence-corrected chi connectivity index (χ2v) is 8.99. The first-order valence-corrected chi connectivity index (χ1v) is 10.6. The average Bonchev–Trinajstić information content (AvgIpc) is 3.57. The number of H-pyrrole nitrogens is 1. The Bertz CT molecular complexity index is 824. The fourth-order valence-corrected chi connectivity index (χ4v) is 4.72. The molecule has 5 nitrogen and oxygen atoms in total. The maximum absolute atomic E-state index is 12.6. The Morgan fingerprint density at radius 2 is 2.04 bits per heavy atom. The van der Waals surface area contributed by atoms with E-state index in [-0.39, 0.29) is 5.91 Å². The third-order valence-corrected chi connectivity index (χ3v) is 6.50. The number of fused-ring (bicyclic) bond motifs is 1. The molecule has 2 saturated carbocycles. The maximum Gasteiger partial charge on any atom is 0.234 e. The van der Waals surface area contributed by atoms with Crippen LogP contribution in [0.3, 0.4) is 0 Å². The highest BCUT2D eigenvalue weighted by molar-refractivity contribution is 5.78. The first-order valence-electron chi connectivity index (χ1n) is 10.6. The molecule has 0 radical (unpaired) electrons. The lowest BCUT2D eigenvalue weighted by atomic mass is 9.97. The van der Waals surface area contributed by atoms with Crippen molar-refractivity contribution in [3.8, 4) is 0 Å². The summed E-state index contributed by atoms with van der Waals surface area (Å²) in [5.74, 6) is 3.21. The van der Waals surface area contributed by atoms with Crippen LogP contribution in [0, 0.1) is 18.8 Å². The average molecular weight is 367 g/mol. The van der Waals surface area contributed by atoms with E-state index in [4.69, 9.17) is 4.98 Å². The summed E-state index contributed by atoms with van der Waals surface area (Å²) in [5.41, 5.74) is 3.42. The number of amides is 1. The first kappa shape index (κ1) is 17.2. The molecule has 2 aromatic rings. The highest BCUT2D eigenvalue weighted by Crippen LogP contribution is 2.44. The van der Waals surface area contributed by atoms with Crippen LogP contribution in [0.1, 0.15) is 55.8 Å². The summed E-state index contributed by atoms with van der Waals surface area (Å²) in [6.07, 6.45) is 7.49. The third-order valence-electron chi connectivity index (χ3n) is 6.50. The quantitative estimate of drug-likeness (QED) is 0.824. The van der Waals surface area contributed by atoms with Crippen LogP contribution in [0.4, 0.5) is 0 Å². The van der Waals surface area contributed by atoms with E-state index in [1.807, 2.05) is 0 Å². The minimum atomic E-state index is 0.222. The van der Waals surface area contributed by atoms with E-state index < -0.39 is 0 Å². The molecule has 2 aliphatic carbocycles. The Balaban J connectivity index is 1.21. The number of piperidine rings is 1. The molecule has 144 valence electrons. The number of nitrogens with one attached hydrogen (secondary N) is 2. The van der Waals surface area contributed by atoms with E-state index >= 15 is 0 Å². The number of nitrogens with zero attached hydrogens (tertiary/aromatic N) is 2. The minimum absolute atomic E-state index is 0.222. The van der Waals surface area contributed by atoms with Gasteiger partial charge in [-0.05, 0) is 81.5 Å². The molecule has 2 N–H and O–H groups in total. The lowest BCUT2D eigenvalue weighted by molar-refractivity contribution is -0.123. The van der Waals surface area contributed by atoms with Crippen molar-refractivity contribution in [1.29, 1.82) is 0 Å². The molecule has 1 unspecified atom stereocenters. The minimum Gasteiger partial charge on any atom is -0.352 e. The second-order valence-electron chi connectivity index (χ2n) is 8.99. The second kappa shape index (κ2) is 6.93. The third kappa shape index (κ3) is 3.88. The summed E-state index contributed by atoms with van der Waals surface area (Å²) in [4.78, 5) is 23.3. The fraction of sp³-hybridized carbons (Fsp3) is 0.636. The molecule has 1 aromatic heterocycles. The Morgan fingerprint density at radius 3 is 2.78 bits per heavy atom. The summed E-state index contributed by atoms with van der Waals surface area (Å²) >= 11 is 0. The van der Waals surface area contributed by atoms with Gasteiger partial charge in [-0.2, -0.15) is 0 Å². The summed E-state index contributed by atoms with van der Waals surface area (Å²) in [7, 11) is 0. The number of hydrogen-bond donors (Lipinski definition) is 2. The van der Waals surface area contributed by atoms with E-state index in [1.54, 1.807) is 0 Å². The SMILES string of the molecule is Cc1ccc2nc(C3CCCN(CC(=O)NC(C4CC4)C4CC4)C3)[nH]c2c1. The molecular weight excluding hydrogens is 336 g/mol. The molecule has 0 spiro atoms. The van der Waals surface area contributed by atoms with Gasteiger partial charge in [0.25, 0.3) is 0 Å². The lowest BCUT2D eigenvalue weighted by Gasteiger charge is -2.31. The molecular formula is C22H30N4O. The van der Waals surface area contributed by atoms with Gasteiger partial charge in [-0.25, -0.2) is 4.98 Å². The Kier molecular flexibility index (Phi) is 4.43. The zero-order valence-electron chi connectivity index (χ0n) is 16.2. The molecule has 27 heavy (non-hydrogen) atoms. The zero-order chi connectivity index (χ0) is 18.4. The van der Waals surface area contributed by atoms with Gasteiger partial charge in [0.1, 0.15) is 5.82 Å². The van der Waals surface area contributed by atoms with Crippen molar-refractivity contribution in [3.05, 3.63) is 29.6 Å². The van der Waals surface area contributed by atoms with Crippen molar-refractivity contribution in [2.24, 2.45) is 11.8 Å². The van der Waals surface area contributed by atoms with Gasteiger partial charge in [0, 0.05) is 18.5 Å². The number of carbonyl (C=O) groups excluding carboxylic acids is 1. The summed E-state index contributed by atoms with van der Waals surface area (Å²) in [5, 5.41) is 3.37. The summed E-state index contributed by atoms with van der Waals surface area (Å²) < 4.78 is 0. The van der Waals surface area contributed by atoms with Gasteiger partial charge < -0.3 is 10.3 Å². The van der Waals surface area contributed by atoms with Gasteiger partial charge in [-0.1, -0.05) is 6.07 Å². The summed E-state index contributed by atoms with van der Waals surface area (Å²) in [6.45, 7) is 4.58. The van der Waals surface area contributed by atoms with Crippen LogP contribution in [0.25, 0.3) is 11.0 Å². The van der Waals surface area contributed by atoms with Crippen molar-refractivity contribution >= 4 is 16.9 Å². The smallest absolute Gasteiger partial charge is 0.234 e. The van der Waals surface area contributed by atoms with Gasteiger partial charge in [0.2, 0.25) is 5.91 Å². The number of imidazole rings is 1. The van der Waals surface area contributed by atoms with Crippen LogP contribution >= 0.6 is 0 Å². The van der Waals surface area contributed by atoms with Crippen molar-refractivity contribution < 1.29 is 4.79 Å².